The SMILES string of the molecule is CC(C)CC(C)NC(C)c1cc(F)ccc1N1CCC(O)CC1. The topological polar surface area (TPSA) is 35.5 Å². The largest absolute Gasteiger partial charge is 0.393 e. The van der Waals surface area contributed by atoms with E-state index in [4.69, 9.17) is 0 Å². The van der Waals surface area contributed by atoms with E-state index >= 15 is 0 Å². The van der Waals surface area contributed by atoms with Gasteiger partial charge in [0.15, 0.2) is 0 Å². The molecule has 0 bridgehead atoms. The Morgan fingerprint density at radius 3 is 2.48 bits per heavy atom. The van der Waals surface area contributed by atoms with Gasteiger partial charge in [0, 0.05) is 30.9 Å². The van der Waals surface area contributed by atoms with Gasteiger partial charge in [-0.3, -0.25) is 0 Å². The van der Waals surface area contributed by atoms with Gasteiger partial charge >= 0.3 is 0 Å². The van der Waals surface area contributed by atoms with Crippen LogP contribution in [0.25, 0.3) is 0 Å². The highest BCUT2D eigenvalue weighted by molar-refractivity contribution is 5.55. The molecule has 1 aliphatic heterocycles. The summed E-state index contributed by atoms with van der Waals surface area (Å²) in [5.41, 5.74) is 2.10. The van der Waals surface area contributed by atoms with E-state index in [-0.39, 0.29) is 18.0 Å². The Hall–Kier alpha value is -1.13. The maximum atomic E-state index is 13.8. The second-order valence-electron chi connectivity index (χ2n) is 7.34. The van der Waals surface area contributed by atoms with Crippen LogP contribution in [0.1, 0.15) is 58.6 Å². The van der Waals surface area contributed by atoms with Crippen molar-refractivity contribution in [3.8, 4) is 0 Å². The standard InChI is InChI=1S/C19H31FN2O/c1-13(2)11-14(3)21-15(4)18-12-16(20)5-6-19(18)22-9-7-17(23)8-10-22/h5-6,12-15,17,21,23H,7-11H2,1-4H3. The minimum Gasteiger partial charge on any atom is -0.393 e. The summed E-state index contributed by atoms with van der Waals surface area (Å²) in [6.45, 7) is 10.4. The van der Waals surface area contributed by atoms with Crippen molar-refractivity contribution in [1.82, 2.24) is 5.32 Å². The van der Waals surface area contributed by atoms with Crippen molar-refractivity contribution in [2.75, 3.05) is 18.0 Å². The molecule has 2 unspecified atom stereocenters. The number of nitrogens with zero attached hydrogens (tertiary/aromatic N) is 1. The van der Waals surface area contributed by atoms with Gasteiger partial charge in [-0.15, -0.1) is 0 Å². The molecule has 1 aliphatic rings. The average molecular weight is 322 g/mol. The van der Waals surface area contributed by atoms with Crippen LogP contribution in [0.3, 0.4) is 0 Å². The minimum atomic E-state index is -0.197. The number of hydrogen-bond donors (Lipinski definition) is 2. The number of anilines is 1. The zero-order valence-electron chi connectivity index (χ0n) is 14.8. The van der Waals surface area contributed by atoms with Crippen LogP contribution >= 0.6 is 0 Å². The Morgan fingerprint density at radius 2 is 1.87 bits per heavy atom. The summed E-state index contributed by atoms with van der Waals surface area (Å²) < 4.78 is 13.8. The Morgan fingerprint density at radius 1 is 1.22 bits per heavy atom. The molecule has 130 valence electrons. The van der Waals surface area contributed by atoms with Gasteiger partial charge in [0.1, 0.15) is 5.82 Å². The van der Waals surface area contributed by atoms with Crippen LogP contribution in [0.2, 0.25) is 0 Å². The first-order valence-corrected chi connectivity index (χ1v) is 8.85. The first kappa shape index (κ1) is 18.2. The molecule has 0 radical (unpaired) electrons. The van der Waals surface area contributed by atoms with Gasteiger partial charge < -0.3 is 15.3 Å². The fourth-order valence-corrected chi connectivity index (χ4v) is 3.56. The first-order valence-electron chi connectivity index (χ1n) is 8.85. The predicted molar refractivity (Wildman–Crippen MR) is 94.3 cm³/mol. The van der Waals surface area contributed by atoms with E-state index in [1.165, 1.54) is 6.07 Å². The van der Waals surface area contributed by atoms with Gasteiger partial charge in [-0.25, -0.2) is 4.39 Å². The van der Waals surface area contributed by atoms with Gasteiger partial charge in [-0.2, -0.15) is 0 Å². The van der Waals surface area contributed by atoms with Crippen molar-refractivity contribution < 1.29 is 9.50 Å². The Kier molecular flexibility index (Phi) is 6.42. The molecule has 0 spiro atoms. The maximum Gasteiger partial charge on any atom is 0.123 e. The molecular formula is C19H31FN2O. The second kappa shape index (κ2) is 8.11. The average Bonchev–Trinajstić information content (AvgIpc) is 2.47. The van der Waals surface area contributed by atoms with E-state index in [1.807, 2.05) is 6.07 Å². The summed E-state index contributed by atoms with van der Waals surface area (Å²) in [7, 11) is 0. The monoisotopic (exact) mass is 322 g/mol. The lowest BCUT2D eigenvalue weighted by Gasteiger charge is -2.34. The summed E-state index contributed by atoms with van der Waals surface area (Å²) in [4.78, 5) is 2.27. The van der Waals surface area contributed by atoms with Gasteiger partial charge in [-0.05, 0) is 62.8 Å². The molecule has 1 heterocycles. The molecule has 1 saturated heterocycles. The molecule has 2 N–H and O–H groups in total. The van der Waals surface area contributed by atoms with Crippen molar-refractivity contribution in [2.45, 2.75) is 65.1 Å². The van der Waals surface area contributed by atoms with E-state index in [0.29, 0.717) is 12.0 Å². The molecule has 2 atom stereocenters. The molecule has 0 amide bonds. The van der Waals surface area contributed by atoms with Crippen molar-refractivity contribution in [3.05, 3.63) is 29.6 Å². The lowest BCUT2D eigenvalue weighted by Crippen LogP contribution is -2.37. The number of aliphatic hydroxyl groups is 1. The Bertz CT molecular complexity index is 498. The van der Waals surface area contributed by atoms with Gasteiger partial charge in [0.2, 0.25) is 0 Å². The quantitative estimate of drug-likeness (QED) is 0.834. The molecule has 1 aromatic rings. The van der Waals surface area contributed by atoms with Crippen molar-refractivity contribution in [1.29, 1.82) is 0 Å². The molecule has 3 nitrogen and oxygen atoms in total. The van der Waals surface area contributed by atoms with E-state index in [1.54, 1.807) is 6.07 Å². The maximum absolute atomic E-state index is 13.8. The summed E-state index contributed by atoms with van der Waals surface area (Å²) in [6, 6.07) is 5.56. The third-order valence-electron chi connectivity index (χ3n) is 4.62. The molecular weight excluding hydrogens is 291 g/mol. The molecule has 4 heteroatoms. The molecule has 1 aromatic carbocycles. The highest BCUT2D eigenvalue weighted by Crippen LogP contribution is 2.30. The number of hydrogen-bond acceptors (Lipinski definition) is 3. The molecule has 1 fully saturated rings. The number of aliphatic hydroxyl groups excluding tert-OH is 1. The highest BCUT2D eigenvalue weighted by Gasteiger charge is 2.22. The number of piperidine rings is 1. The smallest absolute Gasteiger partial charge is 0.123 e. The number of nitrogens with one attached hydrogen (secondary N) is 1. The van der Waals surface area contributed by atoms with Gasteiger partial charge in [0.25, 0.3) is 0 Å². The molecule has 0 aromatic heterocycles. The van der Waals surface area contributed by atoms with E-state index in [0.717, 1.165) is 43.6 Å². The zero-order valence-corrected chi connectivity index (χ0v) is 14.8. The third-order valence-corrected chi connectivity index (χ3v) is 4.62. The van der Waals surface area contributed by atoms with Crippen molar-refractivity contribution in [3.63, 3.8) is 0 Å². The summed E-state index contributed by atoms with van der Waals surface area (Å²) in [5.74, 6) is 0.450. The minimum absolute atomic E-state index is 0.0984. The van der Waals surface area contributed by atoms with Crippen LogP contribution in [-0.2, 0) is 0 Å². The van der Waals surface area contributed by atoms with Crippen molar-refractivity contribution in [2.24, 2.45) is 5.92 Å². The normalized spacial score (nSPS) is 19.2. The van der Waals surface area contributed by atoms with E-state index in [9.17, 15) is 9.50 Å². The first-order chi connectivity index (χ1) is 10.9. The lowest BCUT2D eigenvalue weighted by molar-refractivity contribution is 0.145. The van der Waals surface area contributed by atoms with Crippen LogP contribution < -0.4 is 10.2 Å². The molecule has 23 heavy (non-hydrogen) atoms. The van der Waals surface area contributed by atoms with Gasteiger partial charge in [-0.1, -0.05) is 13.8 Å². The van der Waals surface area contributed by atoms with Crippen LogP contribution in [0.15, 0.2) is 18.2 Å². The van der Waals surface area contributed by atoms with E-state index < -0.39 is 0 Å². The van der Waals surface area contributed by atoms with Crippen LogP contribution in [0.5, 0.6) is 0 Å². The van der Waals surface area contributed by atoms with Crippen LogP contribution in [0.4, 0.5) is 10.1 Å². The third kappa shape index (κ3) is 5.18. The molecule has 0 aliphatic carbocycles. The lowest BCUT2D eigenvalue weighted by atomic mass is 9.99. The van der Waals surface area contributed by atoms with Gasteiger partial charge in [0.05, 0.1) is 6.10 Å². The molecule has 0 saturated carbocycles. The van der Waals surface area contributed by atoms with Crippen LogP contribution in [0, 0.1) is 11.7 Å². The number of halogens is 1. The van der Waals surface area contributed by atoms with Crippen molar-refractivity contribution >= 4 is 5.69 Å². The summed E-state index contributed by atoms with van der Waals surface area (Å²) in [5, 5.41) is 13.3. The Labute approximate surface area is 139 Å². The zero-order chi connectivity index (χ0) is 17.0. The Balaban J connectivity index is 2.14. The number of benzene rings is 1. The van der Waals surface area contributed by atoms with E-state index in [2.05, 4.69) is 37.9 Å². The fraction of sp³-hybridized carbons (Fsp3) is 0.684. The number of rotatable bonds is 6. The summed E-state index contributed by atoms with van der Waals surface area (Å²) in [6.07, 6.45) is 2.46. The fourth-order valence-electron chi connectivity index (χ4n) is 3.56. The second-order valence-corrected chi connectivity index (χ2v) is 7.34. The van der Waals surface area contributed by atoms with Crippen LogP contribution in [-0.4, -0.2) is 30.3 Å². The highest BCUT2D eigenvalue weighted by atomic mass is 19.1. The predicted octanol–water partition coefficient (Wildman–Crippen LogP) is 3.87. The molecule has 2 rings (SSSR count). The summed E-state index contributed by atoms with van der Waals surface area (Å²) >= 11 is 0.